The topological polar surface area (TPSA) is 75.1 Å². The Balaban J connectivity index is 1.56. The third kappa shape index (κ3) is 4.54. The van der Waals surface area contributed by atoms with E-state index in [9.17, 15) is 4.79 Å². The number of aromatic amines is 1. The fraction of sp³-hybridized carbons (Fsp3) is 0. The smallest absolute Gasteiger partial charge is 0.263 e. The molecule has 0 aliphatic carbocycles. The second-order valence-electron chi connectivity index (χ2n) is 5.93. The van der Waals surface area contributed by atoms with Gasteiger partial charge in [0.2, 0.25) is 4.77 Å². The van der Waals surface area contributed by atoms with Gasteiger partial charge in [0, 0.05) is 10.6 Å². The van der Waals surface area contributed by atoms with E-state index in [2.05, 4.69) is 20.6 Å². The summed E-state index contributed by atoms with van der Waals surface area (Å²) in [6.45, 7) is 0. The average Bonchev–Trinajstić information content (AvgIpc) is 3.23. The van der Waals surface area contributed by atoms with E-state index in [1.165, 1.54) is 11.8 Å². The van der Waals surface area contributed by atoms with Crippen LogP contribution in [0.15, 0.2) is 58.5 Å². The van der Waals surface area contributed by atoms with E-state index in [-0.39, 0.29) is 5.91 Å². The molecule has 3 aromatic rings. The first-order valence-electron chi connectivity index (χ1n) is 8.32. The molecule has 0 radical (unpaired) electrons. The lowest BCUT2D eigenvalue weighted by atomic mass is 10.1. The fourth-order valence-corrected chi connectivity index (χ4v) is 3.91. The van der Waals surface area contributed by atoms with Gasteiger partial charge in [-0.05, 0) is 53.7 Å². The number of hydrogen-bond donors (Lipinski definition) is 2. The molecule has 2 heterocycles. The Morgan fingerprint density at radius 1 is 1.07 bits per heavy atom. The number of thioether (sulfide) groups is 1. The van der Waals surface area contributed by atoms with Crippen LogP contribution < -0.4 is 5.32 Å². The van der Waals surface area contributed by atoms with Crippen LogP contribution in [-0.4, -0.2) is 31.3 Å². The fourth-order valence-electron chi connectivity index (χ4n) is 2.56. The molecule has 144 valence electrons. The van der Waals surface area contributed by atoms with Gasteiger partial charge in [0.05, 0.1) is 11.1 Å². The number of H-pyrrole nitrogens is 1. The Bertz CT molecular complexity index is 1210. The summed E-state index contributed by atoms with van der Waals surface area (Å²) in [6.07, 6.45) is 3.48. The van der Waals surface area contributed by atoms with E-state index >= 15 is 0 Å². The van der Waals surface area contributed by atoms with Gasteiger partial charge >= 0.3 is 0 Å². The Hall–Kier alpha value is -2.59. The standard InChI is InChI=1S/C19H12ClN5OS3/c20-14-7-5-13(6-8-14)16-23-24-18(27)25(16)21-10-12-3-1-11(2-4-12)9-15-17(26)22-19(28)29-15/h1-10H,(H,24,27)(H,22,26,28)/b15-9-,21-10+. The number of halogens is 1. The lowest BCUT2D eigenvalue weighted by molar-refractivity contribution is -0.115. The molecule has 1 amide bonds. The van der Waals surface area contributed by atoms with Crippen molar-refractivity contribution in [2.75, 3.05) is 0 Å². The predicted molar refractivity (Wildman–Crippen MR) is 124 cm³/mol. The molecule has 6 nitrogen and oxygen atoms in total. The maximum absolute atomic E-state index is 11.8. The number of benzene rings is 2. The summed E-state index contributed by atoms with van der Waals surface area (Å²) in [5, 5.41) is 14.7. The summed E-state index contributed by atoms with van der Waals surface area (Å²) in [7, 11) is 0. The van der Waals surface area contributed by atoms with Crippen LogP contribution in [0.2, 0.25) is 5.02 Å². The van der Waals surface area contributed by atoms with Crippen LogP contribution in [0.3, 0.4) is 0 Å². The summed E-state index contributed by atoms with van der Waals surface area (Å²) in [4.78, 5) is 12.3. The number of rotatable bonds is 4. The third-order valence-electron chi connectivity index (χ3n) is 3.95. The van der Waals surface area contributed by atoms with Crippen LogP contribution in [0, 0.1) is 4.77 Å². The summed E-state index contributed by atoms with van der Waals surface area (Å²) in [6, 6.07) is 14.9. The zero-order valence-corrected chi connectivity index (χ0v) is 17.8. The minimum Gasteiger partial charge on any atom is -0.307 e. The number of aromatic nitrogens is 3. The Morgan fingerprint density at radius 2 is 1.76 bits per heavy atom. The van der Waals surface area contributed by atoms with E-state index in [0.29, 0.717) is 24.8 Å². The van der Waals surface area contributed by atoms with Crippen molar-refractivity contribution in [2.24, 2.45) is 5.10 Å². The Labute approximate surface area is 185 Å². The van der Waals surface area contributed by atoms with Gasteiger partial charge in [-0.3, -0.25) is 4.79 Å². The van der Waals surface area contributed by atoms with Crippen LogP contribution in [-0.2, 0) is 4.79 Å². The predicted octanol–water partition coefficient (Wildman–Crippen LogP) is 4.63. The maximum Gasteiger partial charge on any atom is 0.263 e. The first-order valence-corrected chi connectivity index (χ1v) is 10.3. The molecule has 0 saturated carbocycles. The normalized spacial score (nSPS) is 15.4. The zero-order valence-electron chi connectivity index (χ0n) is 14.6. The van der Waals surface area contributed by atoms with E-state index in [4.69, 9.17) is 36.0 Å². The van der Waals surface area contributed by atoms with Crippen LogP contribution in [0.1, 0.15) is 11.1 Å². The van der Waals surface area contributed by atoms with Gasteiger partial charge < -0.3 is 5.32 Å². The van der Waals surface area contributed by atoms with Gasteiger partial charge in [-0.25, -0.2) is 5.10 Å². The van der Waals surface area contributed by atoms with Crippen molar-refractivity contribution in [3.63, 3.8) is 0 Å². The maximum atomic E-state index is 11.8. The molecular formula is C19H12ClN5OS3. The molecule has 29 heavy (non-hydrogen) atoms. The molecule has 0 spiro atoms. The molecule has 1 aliphatic heterocycles. The molecule has 1 aromatic heterocycles. The van der Waals surface area contributed by atoms with Gasteiger partial charge in [-0.1, -0.05) is 59.8 Å². The van der Waals surface area contributed by atoms with Crippen LogP contribution in [0.4, 0.5) is 0 Å². The second kappa shape index (κ2) is 8.42. The number of carbonyl (C=O) groups excluding carboxylic acids is 1. The molecule has 0 bridgehead atoms. The van der Waals surface area contributed by atoms with Crippen LogP contribution in [0.25, 0.3) is 17.5 Å². The van der Waals surface area contributed by atoms with E-state index in [1.54, 1.807) is 29.1 Å². The first kappa shape index (κ1) is 19.7. The molecule has 1 saturated heterocycles. The van der Waals surface area contributed by atoms with Crippen LogP contribution >= 0.6 is 47.8 Å². The zero-order chi connectivity index (χ0) is 20.4. The molecule has 0 unspecified atom stereocenters. The quantitative estimate of drug-likeness (QED) is 0.339. The molecule has 10 heteroatoms. The highest BCUT2D eigenvalue weighted by molar-refractivity contribution is 8.26. The van der Waals surface area contributed by atoms with Crippen molar-refractivity contribution in [2.45, 2.75) is 0 Å². The third-order valence-corrected chi connectivity index (χ3v) is 5.63. The van der Waals surface area contributed by atoms with E-state index in [1.807, 2.05) is 36.4 Å². The minimum atomic E-state index is -0.172. The van der Waals surface area contributed by atoms with Crippen molar-refractivity contribution in [3.8, 4) is 11.4 Å². The van der Waals surface area contributed by atoms with Crippen molar-refractivity contribution < 1.29 is 4.79 Å². The van der Waals surface area contributed by atoms with Gasteiger partial charge in [0.15, 0.2) is 5.82 Å². The Kier molecular flexibility index (Phi) is 5.72. The minimum absolute atomic E-state index is 0.172. The molecule has 4 rings (SSSR count). The largest absolute Gasteiger partial charge is 0.307 e. The highest BCUT2D eigenvalue weighted by atomic mass is 35.5. The van der Waals surface area contributed by atoms with E-state index < -0.39 is 0 Å². The number of amides is 1. The van der Waals surface area contributed by atoms with Gasteiger partial charge in [-0.15, -0.1) is 0 Å². The van der Waals surface area contributed by atoms with Gasteiger partial charge in [0.1, 0.15) is 4.32 Å². The van der Waals surface area contributed by atoms with Gasteiger partial charge in [0.25, 0.3) is 5.91 Å². The van der Waals surface area contributed by atoms with E-state index in [0.717, 1.165) is 16.7 Å². The summed E-state index contributed by atoms with van der Waals surface area (Å²) in [5.41, 5.74) is 2.61. The lowest BCUT2D eigenvalue weighted by Crippen LogP contribution is -2.17. The molecule has 2 N–H and O–H groups in total. The number of thiocarbonyl (C=S) groups is 1. The number of carbonyl (C=O) groups is 1. The van der Waals surface area contributed by atoms with Crippen molar-refractivity contribution in [3.05, 3.63) is 74.4 Å². The molecular weight excluding hydrogens is 446 g/mol. The SMILES string of the molecule is O=C1NC(=S)S/C1=C\c1ccc(/C=N/n2c(-c3ccc(Cl)cc3)n[nH]c2=S)cc1. The first-order chi connectivity index (χ1) is 14.0. The molecule has 1 fully saturated rings. The second-order valence-corrected chi connectivity index (χ2v) is 8.48. The number of nitrogens with zero attached hydrogens (tertiary/aromatic N) is 3. The Morgan fingerprint density at radius 3 is 2.41 bits per heavy atom. The van der Waals surface area contributed by atoms with Gasteiger partial charge in [-0.2, -0.15) is 14.9 Å². The summed E-state index contributed by atoms with van der Waals surface area (Å²) < 4.78 is 2.40. The summed E-state index contributed by atoms with van der Waals surface area (Å²) >= 11 is 17.5. The number of nitrogens with one attached hydrogen (secondary N) is 2. The van der Waals surface area contributed by atoms with Crippen LogP contribution in [0.5, 0.6) is 0 Å². The average molecular weight is 458 g/mol. The monoisotopic (exact) mass is 457 g/mol. The van der Waals surface area contributed by atoms with Crippen molar-refractivity contribution in [1.82, 2.24) is 20.2 Å². The molecule has 1 aliphatic rings. The van der Waals surface area contributed by atoms with Crippen molar-refractivity contribution >= 4 is 70.3 Å². The highest BCUT2D eigenvalue weighted by Gasteiger charge is 2.21. The van der Waals surface area contributed by atoms with Crippen molar-refractivity contribution in [1.29, 1.82) is 0 Å². The molecule has 2 aromatic carbocycles. The summed E-state index contributed by atoms with van der Waals surface area (Å²) in [5.74, 6) is 0.416. The molecule has 0 atom stereocenters. The number of hydrogen-bond acceptors (Lipinski definition) is 6. The highest BCUT2D eigenvalue weighted by Crippen LogP contribution is 2.26. The lowest BCUT2D eigenvalue weighted by Gasteiger charge is -2.01.